The number of rotatable bonds is 1. The largest absolute Gasteiger partial charge is 0.369 e. The summed E-state index contributed by atoms with van der Waals surface area (Å²) >= 11 is 0. The molecule has 4 aliphatic carbocycles. The van der Waals surface area contributed by atoms with E-state index in [9.17, 15) is 4.79 Å². The molecular formula is C16H25NO. The van der Waals surface area contributed by atoms with Gasteiger partial charge in [-0.2, -0.15) is 0 Å². The molecule has 4 aliphatic rings. The summed E-state index contributed by atoms with van der Waals surface area (Å²) in [7, 11) is 0. The Morgan fingerprint density at radius 3 is 2.33 bits per heavy atom. The Morgan fingerprint density at radius 2 is 1.72 bits per heavy atom. The van der Waals surface area contributed by atoms with Crippen molar-refractivity contribution in [3.63, 3.8) is 0 Å². The molecule has 0 heterocycles. The van der Waals surface area contributed by atoms with Gasteiger partial charge in [-0.1, -0.05) is 20.8 Å². The van der Waals surface area contributed by atoms with E-state index in [-0.39, 0.29) is 11.3 Å². The predicted molar refractivity (Wildman–Crippen MR) is 70.4 cm³/mol. The second kappa shape index (κ2) is 3.13. The molecule has 2 heteroatoms. The average molecular weight is 247 g/mol. The van der Waals surface area contributed by atoms with E-state index in [4.69, 9.17) is 5.73 Å². The Bertz CT molecular complexity index is 419. The number of carbonyl (C=O) groups excluding carboxylic acids is 1. The lowest BCUT2D eigenvalue weighted by molar-refractivity contribution is -0.133. The summed E-state index contributed by atoms with van der Waals surface area (Å²) in [5.74, 6) is 6.79. The van der Waals surface area contributed by atoms with Gasteiger partial charge >= 0.3 is 0 Å². The summed E-state index contributed by atoms with van der Waals surface area (Å²) in [6, 6.07) is 0. The quantitative estimate of drug-likeness (QED) is 0.711. The van der Waals surface area contributed by atoms with Crippen LogP contribution in [0.25, 0.3) is 0 Å². The fraction of sp³-hybridized carbons (Fsp3) is 0.938. The summed E-state index contributed by atoms with van der Waals surface area (Å²) in [5.41, 5.74) is 5.54. The Kier molecular flexibility index (Phi) is 1.97. The van der Waals surface area contributed by atoms with Gasteiger partial charge in [0, 0.05) is 5.41 Å². The molecule has 0 spiro atoms. The first-order valence-corrected chi connectivity index (χ1v) is 7.75. The summed E-state index contributed by atoms with van der Waals surface area (Å²) in [4.78, 5) is 11.9. The van der Waals surface area contributed by atoms with Crippen LogP contribution in [-0.2, 0) is 4.79 Å². The Morgan fingerprint density at radius 1 is 1.11 bits per heavy atom. The van der Waals surface area contributed by atoms with Gasteiger partial charge in [-0.15, -0.1) is 0 Å². The molecule has 0 aromatic carbocycles. The smallest absolute Gasteiger partial charge is 0.223 e. The van der Waals surface area contributed by atoms with Gasteiger partial charge in [-0.3, -0.25) is 4.79 Å². The molecule has 0 aromatic heterocycles. The van der Waals surface area contributed by atoms with Crippen molar-refractivity contribution in [1.82, 2.24) is 0 Å². The third-order valence-corrected chi connectivity index (χ3v) is 7.79. The molecule has 8 unspecified atom stereocenters. The molecule has 0 radical (unpaired) electrons. The highest BCUT2D eigenvalue weighted by molar-refractivity contribution is 5.81. The first-order valence-electron chi connectivity index (χ1n) is 7.75. The van der Waals surface area contributed by atoms with Crippen LogP contribution in [-0.4, -0.2) is 5.91 Å². The molecule has 18 heavy (non-hydrogen) atoms. The zero-order valence-electron chi connectivity index (χ0n) is 11.7. The number of nitrogens with two attached hydrogens (primary N) is 1. The van der Waals surface area contributed by atoms with Crippen LogP contribution < -0.4 is 5.73 Å². The number of carbonyl (C=O) groups is 1. The first kappa shape index (κ1) is 11.3. The Balaban J connectivity index is 1.72. The van der Waals surface area contributed by atoms with Crippen molar-refractivity contribution in [2.75, 3.05) is 0 Å². The van der Waals surface area contributed by atoms with Gasteiger partial charge in [0.2, 0.25) is 5.91 Å². The number of hydrogen-bond acceptors (Lipinski definition) is 1. The molecule has 4 bridgehead atoms. The minimum atomic E-state index is -0.181. The van der Waals surface area contributed by atoms with Gasteiger partial charge in [-0.25, -0.2) is 0 Å². The second-order valence-corrected chi connectivity index (χ2v) is 8.02. The molecular weight excluding hydrogens is 222 g/mol. The predicted octanol–water partition coefficient (Wildman–Crippen LogP) is 2.67. The molecule has 9 atom stereocenters. The monoisotopic (exact) mass is 247 g/mol. The van der Waals surface area contributed by atoms with E-state index in [0.717, 1.165) is 47.8 Å². The minimum Gasteiger partial charge on any atom is -0.369 e. The topological polar surface area (TPSA) is 43.1 Å². The van der Waals surface area contributed by atoms with Gasteiger partial charge in [0.1, 0.15) is 0 Å². The summed E-state index contributed by atoms with van der Waals surface area (Å²) < 4.78 is 0. The standard InChI is InChI=1S/C16H25NO/c1-7-8(2)11-5-10(7)13-9-4-12(14(11)13)16(3,6-9)15(17)18/h7-14H,4-6H2,1-3H3,(H2,17,18)/t7?,8-,9?,10?,11?,12?,13?,14?,16?/m1/s1. The van der Waals surface area contributed by atoms with E-state index in [1.165, 1.54) is 12.8 Å². The Hall–Kier alpha value is -0.530. The van der Waals surface area contributed by atoms with Gasteiger partial charge in [0.15, 0.2) is 0 Å². The maximum atomic E-state index is 11.9. The average Bonchev–Trinajstić information content (AvgIpc) is 2.98. The van der Waals surface area contributed by atoms with Gasteiger partial charge in [0.25, 0.3) is 0 Å². The zero-order valence-corrected chi connectivity index (χ0v) is 11.7. The van der Waals surface area contributed by atoms with Crippen molar-refractivity contribution in [2.45, 2.75) is 40.0 Å². The highest BCUT2D eigenvalue weighted by Crippen LogP contribution is 2.73. The molecule has 0 aliphatic heterocycles. The SMILES string of the molecule is CC1C2CC(C3C2C2CC3C(C)(C(N)=O)C2)[C@@H]1C. The normalized spacial score (nSPS) is 64.4. The van der Waals surface area contributed by atoms with E-state index < -0.39 is 0 Å². The maximum absolute atomic E-state index is 11.9. The van der Waals surface area contributed by atoms with E-state index >= 15 is 0 Å². The van der Waals surface area contributed by atoms with Crippen molar-refractivity contribution < 1.29 is 4.79 Å². The molecule has 2 nitrogen and oxygen atoms in total. The summed E-state index contributed by atoms with van der Waals surface area (Å²) in [6.07, 6.45) is 3.82. The van der Waals surface area contributed by atoms with Crippen LogP contribution in [0.3, 0.4) is 0 Å². The number of fused-ring (bicyclic) bond motifs is 9. The molecule has 4 rings (SSSR count). The fourth-order valence-corrected chi connectivity index (χ4v) is 6.86. The van der Waals surface area contributed by atoms with Crippen LogP contribution in [0.5, 0.6) is 0 Å². The Labute approximate surface area is 110 Å². The highest BCUT2D eigenvalue weighted by atomic mass is 16.1. The van der Waals surface area contributed by atoms with Crippen molar-refractivity contribution in [1.29, 1.82) is 0 Å². The summed E-state index contributed by atoms with van der Waals surface area (Å²) in [5, 5.41) is 0. The first-order chi connectivity index (χ1) is 8.45. The van der Waals surface area contributed by atoms with E-state index in [0.29, 0.717) is 5.92 Å². The van der Waals surface area contributed by atoms with Crippen LogP contribution in [0.1, 0.15) is 40.0 Å². The lowest BCUT2D eigenvalue weighted by Crippen LogP contribution is -2.47. The van der Waals surface area contributed by atoms with Crippen molar-refractivity contribution in [2.24, 2.45) is 58.5 Å². The molecule has 0 aromatic rings. The number of primary amides is 1. The highest BCUT2D eigenvalue weighted by Gasteiger charge is 2.69. The van der Waals surface area contributed by atoms with E-state index in [1.54, 1.807) is 0 Å². The van der Waals surface area contributed by atoms with Crippen LogP contribution in [0, 0.1) is 52.8 Å². The third kappa shape index (κ3) is 1.02. The van der Waals surface area contributed by atoms with Crippen LogP contribution >= 0.6 is 0 Å². The fourth-order valence-electron chi connectivity index (χ4n) is 6.86. The zero-order chi connectivity index (χ0) is 12.8. The van der Waals surface area contributed by atoms with Gasteiger partial charge in [-0.05, 0) is 66.6 Å². The van der Waals surface area contributed by atoms with Gasteiger partial charge in [0.05, 0.1) is 0 Å². The third-order valence-electron chi connectivity index (χ3n) is 7.79. The second-order valence-electron chi connectivity index (χ2n) is 8.02. The molecule has 100 valence electrons. The molecule has 4 fully saturated rings. The molecule has 2 N–H and O–H groups in total. The number of hydrogen-bond donors (Lipinski definition) is 1. The summed E-state index contributed by atoms with van der Waals surface area (Å²) in [6.45, 7) is 7.06. The minimum absolute atomic E-state index is 0.0306. The van der Waals surface area contributed by atoms with Crippen molar-refractivity contribution in [3.05, 3.63) is 0 Å². The molecule has 1 amide bonds. The lowest BCUT2D eigenvalue weighted by atomic mass is 9.58. The lowest BCUT2D eigenvalue weighted by Gasteiger charge is -2.46. The van der Waals surface area contributed by atoms with Crippen LogP contribution in [0.15, 0.2) is 0 Å². The van der Waals surface area contributed by atoms with Crippen molar-refractivity contribution >= 4 is 5.91 Å². The number of amides is 1. The van der Waals surface area contributed by atoms with Crippen molar-refractivity contribution in [3.8, 4) is 0 Å². The maximum Gasteiger partial charge on any atom is 0.223 e. The molecule has 0 saturated heterocycles. The van der Waals surface area contributed by atoms with Crippen LogP contribution in [0.4, 0.5) is 0 Å². The van der Waals surface area contributed by atoms with E-state index in [2.05, 4.69) is 20.8 Å². The van der Waals surface area contributed by atoms with Gasteiger partial charge < -0.3 is 5.73 Å². The van der Waals surface area contributed by atoms with Crippen LogP contribution in [0.2, 0.25) is 0 Å². The van der Waals surface area contributed by atoms with E-state index in [1.807, 2.05) is 0 Å². The molecule has 4 saturated carbocycles.